The summed E-state index contributed by atoms with van der Waals surface area (Å²) in [4.78, 5) is 13.7. The van der Waals surface area contributed by atoms with Crippen molar-refractivity contribution in [2.45, 2.75) is 23.5 Å². The lowest BCUT2D eigenvalue weighted by Crippen LogP contribution is -2.17. The van der Waals surface area contributed by atoms with Gasteiger partial charge in [0.05, 0.1) is 12.0 Å². The standard InChI is InChI=1S/C21H20O4S2/c1-15-5-11-18(12-6-15)27(23,24)21(20-4-3-13-26-20)14-19(22)16-7-9-17(25-2)10-8-16/h3-13,21H,14H2,1-2H3. The normalized spacial score (nSPS) is 12.5. The highest BCUT2D eigenvalue weighted by atomic mass is 32.2. The van der Waals surface area contributed by atoms with Crippen LogP contribution in [0.5, 0.6) is 5.75 Å². The van der Waals surface area contributed by atoms with Crippen molar-refractivity contribution in [1.82, 2.24) is 0 Å². The zero-order valence-corrected chi connectivity index (χ0v) is 16.7. The van der Waals surface area contributed by atoms with E-state index in [1.165, 1.54) is 11.3 Å². The van der Waals surface area contributed by atoms with Crippen LogP contribution in [0, 0.1) is 6.92 Å². The highest BCUT2D eigenvalue weighted by Crippen LogP contribution is 2.35. The first-order valence-corrected chi connectivity index (χ1v) is 10.9. The van der Waals surface area contributed by atoms with Crippen molar-refractivity contribution in [2.75, 3.05) is 7.11 Å². The quantitative estimate of drug-likeness (QED) is 0.532. The third-order valence-electron chi connectivity index (χ3n) is 4.37. The van der Waals surface area contributed by atoms with Gasteiger partial charge < -0.3 is 4.74 Å². The minimum absolute atomic E-state index is 0.108. The Hall–Kier alpha value is -2.44. The minimum atomic E-state index is -3.69. The van der Waals surface area contributed by atoms with Crippen LogP contribution >= 0.6 is 11.3 Å². The molecule has 4 nitrogen and oxygen atoms in total. The number of hydrogen-bond acceptors (Lipinski definition) is 5. The first-order chi connectivity index (χ1) is 12.9. The number of ketones is 1. The average molecular weight is 401 g/mol. The molecule has 0 fully saturated rings. The summed E-state index contributed by atoms with van der Waals surface area (Å²) in [5.74, 6) is 0.431. The third-order valence-corrected chi connectivity index (χ3v) is 7.60. The molecule has 27 heavy (non-hydrogen) atoms. The van der Waals surface area contributed by atoms with E-state index in [-0.39, 0.29) is 17.1 Å². The molecule has 3 rings (SSSR count). The number of methoxy groups -OCH3 is 1. The lowest BCUT2D eigenvalue weighted by molar-refractivity contribution is 0.0981. The number of benzene rings is 2. The molecule has 0 saturated carbocycles. The molecule has 1 atom stereocenters. The first-order valence-electron chi connectivity index (χ1n) is 8.43. The predicted octanol–water partition coefficient (Wildman–Crippen LogP) is 4.85. The van der Waals surface area contributed by atoms with Gasteiger partial charge in [0.1, 0.15) is 11.0 Å². The summed E-state index contributed by atoms with van der Waals surface area (Å²) in [5, 5.41) is 0.917. The van der Waals surface area contributed by atoms with Gasteiger partial charge in [-0.05, 0) is 54.8 Å². The van der Waals surface area contributed by atoms with Crippen molar-refractivity contribution in [3.05, 3.63) is 82.0 Å². The maximum atomic E-state index is 13.2. The van der Waals surface area contributed by atoms with E-state index >= 15 is 0 Å². The van der Waals surface area contributed by atoms with E-state index < -0.39 is 15.1 Å². The molecule has 0 aliphatic carbocycles. The molecule has 0 aliphatic heterocycles. The SMILES string of the molecule is COc1ccc(C(=O)CC(c2cccs2)S(=O)(=O)c2ccc(C)cc2)cc1. The molecule has 140 valence electrons. The van der Waals surface area contributed by atoms with E-state index in [1.54, 1.807) is 67.8 Å². The molecule has 0 amide bonds. The van der Waals surface area contributed by atoms with Crippen molar-refractivity contribution in [1.29, 1.82) is 0 Å². The van der Waals surface area contributed by atoms with Crippen LogP contribution in [-0.4, -0.2) is 21.3 Å². The molecule has 6 heteroatoms. The van der Waals surface area contributed by atoms with E-state index in [9.17, 15) is 13.2 Å². The molecule has 1 unspecified atom stereocenters. The largest absolute Gasteiger partial charge is 0.497 e. The van der Waals surface area contributed by atoms with E-state index in [0.717, 1.165) is 5.56 Å². The Kier molecular flexibility index (Phi) is 5.77. The summed E-state index contributed by atoms with van der Waals surface area (Å²) in [6.45, 7) is 1.90. The Morgan fingerprint density at radius 1 is 1.04 bits per heavy atom. The fourth-order valence-electron chi connectivity index (χ4n) is 2.79. The van der Waals surface area contributed by atoms with Crippen LogP contribution in [0.25, 0.3) is 0 Å². The van der Waals surface area contributed by atoms with Crippen molar-refractivity contribution in [2.24, 2.45) is 0 Å². The van der Waals surface area contributed by atoms with Crippen LogP contribution in [0.3, 0.4) is 0 Å². The minimum Gasteiger partial charge on any atom is -0.497 e. The van der Waals surface area contributed by atoms with Gasteiger partial charge >= 0.3 is 0 Å². The summed E-state index contributed by atoms with van der Waals surface area (Å²) in [6.07, 6.45) is -0.108. The molecular formula is C21H20O4S2. The molecule has 2 aromatic carbocycles. The first kappa shape index (κ1) is 19.3. The number of hydrogen-bond donors (Lipinski definition) is 0. The zero-order valence-electron chi connectivity index (χ0n) is 15.1. The Morgan fingerprint density at radius 3 is 2.26 bits per heavy atom. The van der Waals surface area contributed by atoms with Gasteiger partial charge in [-0.15, -0.1) is 11.3 Å². The maximum Gasteiger partial charge on any atom is 0.186 e. The van der Waals surface area contributed by atoms with Crippen molar-refractivity contribution >= 4 is 27.0 Å². The molecule has 0 bridgehead atoms. The lowest BCUT2D eigenvalue weighted by Gasteiger charge is -2.16. The van der Waals surface area contributed by atoms with Gasteiger partial charge in [-0.2, -0.15) is 0 Å². The lowest BCUT2D eigenvalue weighted by atomic mass is 10.1. The number of rotatable bonds is 7. The molecule has 0 radical (unpaired) electrons. The van der Waals surface area contributed by atoms with Gasteiger partial charge in [0.2, 0.25) is 0 Å². The topological polar surface area (TPSA) is 60.4 Å². The second-order valence-electron chi connectivity index (χ2n) is 6.22. The van der Waals surface area contributed by atoms with Gasteiger partial charge in [-0.1, -0.05) is 23.8 Å². The Bertz CT molecular complexity index is 1000. The van der Waals surface area contributed by atoms with E-state index in [0.29, 0.717) is 16.2 Å². The van der Waals surface area contributed by atoms with E-state index in [4.69, 9.17) is 4.74 Å². The number of aryl methyl sites for hydroxylation is 1. The molecule has 1 heterocycles. The van der Waals surface area contributed by atoms with Crippen molar-refractivity contribution < 1.29 is 17.9 Å². The van der Waals surface area contributed by atoms with E-state index in [1.807, 2.05) is 12.3 Å². The number of ether oxygens (including phenoxy) is 1. The van der Waals surface area contributed by atoms with Crippen molar-refractivity contribution in [3.8, 4) is 5.75 Å². The molecule has 0 N–H and O–H groups in total. The Morgan fingerprint density at radius 2 is 1.70 bits per heavy atom. The highest BCUT2D eigenvalue weighted by Gasteiger charge is 2.32. The molecule has 0 spiro atoms. The number of carbonyl (C=O) groups excluding carboxylic acids is 1. The fraction of sp³-hybridized carbons (Fsp3) is 0.190. The number of carbonyl (C=O) groups is 1. The van der Waals surface area contributed by atoms with Gasteiger partial charge in [0.15, 0.2) is 15.6 Å². The van der Waals surface area contributed by atoms with E-state index in [2.05, 4.69) is 0 Å². The highest BCUT2D eigenvalue weighted by molar-refractivity contribution is 7.91. The van der Waals surface area contributed by atoms with Crippen LogP contribution in [0.4, 0.5) is 0 Å². The van der Waals surface area contributed by atoms with Crippen LogP contribution < -0.4 is 4.74 Å². The molecule has 0 aliphatic rings. The Labute approximate surface area is 163 Å². The second kappa shape index (κ2) is 8.06. The third kappa shape index (κ3) is 4.28. The molecule has 3 aromatic rings. The summed E-state index contributed by atoms with van der Waals surface area (Å²) in [6, 6.07) is 17.0. The summed E-state index contributed by atoms with van der Waals surface area (Å²) >= 11 is 1.35. The monoisotopic (exact) mass is 400 g/mol. The summed E-state index contributed by atoms with van der Waals surface area (Å²) < 4.78 is 31.6. The molecule has 1 aromatic heterocycles. The average Bonchev–Trinajstić information content (AvgIpc) is 3.20. The predicted molar refractivity (Wildman–Crippen MR) is 107 cm³/mol. The fourth-order valence-corrected chi connectivity index (χ4v) is 5.65. The Balaban J connectivity index is 1.94. The summed E-state index contributed by atoms with van der Waals surface area (Å²) in [5.41, 5.74) is 1.45. The maximum absolute atomic E-state index is 13.2. The van der Waals surface area contributed by atoms with Crippen LogP contribution in [-0.2, 0) is 9.84 Å². The smallest absolute Gasteiger partial charge is 0.186 e. The van der Waals surface area contributed by atoms with Crippen LogP contribution in [0.2, 0.25) is 0 Å². The van der Waals surface area contributed by atoms with Gasteiger partial charge in [-0.3, -0.25) is 4.79 Å². The number of thiophene rings is 1. The number of sulfone groups is 1. The molecular weight excluding hydrogens is 380 g/mol. The van der Waals surface area contributed by atoms with Crippen LogP contribution in [0.1, 0.15) is 32.5 Å². The van der Waals surface area contributed by atoms with Gasteiger partial charge in [-0.25, -0.2) is 8.42 Å². The van der Waals surface area contributed by atoms with Gasteiger partial charge in [0.25, 0.3) is 0 Å². The number of Topliss-reactive ketones (excluding diaryl/α,β-unsaturated/α-hetero) is 1. The summed E-state index contributed by atoms with van der Waals surface area (Å²) in [7, 11) is -2.14. The second-order valence-corrected chi connectivity index (χ2v) is 9.33. The molecule has 0 saturated heterocycles. The van der Waals surface area contributed by atoms with Gasteiger partial charge in [0, 0.05) is 16.9 Å². The van der Waals surface area contributed by atoms with Crippen LogP contribution in [0.15, 0.2) is 70.9 Å². The zero-order chi connectivity index (χ0) is 19.4. The van der Waals surface area contributed by atoms with Crippen molar-refractivity contribution in [3.63, 3.8) is 0 Å².